The van der Waals surface area contributed by atoms with Crippen LogP contribution in [-0.4, -0.2) is 28.7 Å². The van der Waals surface area contributed by atoms with Crippen LogP contribution < -0.4 is 15.4 Å². The second-order valence-electron chi connectivity index (χ2n) is 6.72. The van der Waals surface area contributed by atoms with Crippen molar-refractivity contribution in [3.63, 3.8) is 0 Å². The molecule has 0 saturated carbocycles. The summed E-state index contributed by atoms with van der Waals surface area (Å²) < 4.78 is 1.08. The first-order chi connectivity index (χ1) is 14.7. The third-order valence-electron chi connectivity index (χ3n) is 4.74. The van der Waals surface area contributed by atoms with Gasteiger partial charge in [0.15, 0.2) is 10.8 Å². The number of benzene rings is 2. The van der Waals surface area contributed by atoms with Gasteiger partial charge in [-0.05, 0) is 30.2 Å². The van der Waals surface area contributed by atoms with Crippen LogP contribution in [0.15, 0.2) is 65.8 Å². The molecule has 0 fully saturated rings. The van der Waals surface area contributed by atoms with Gasteiger partial charge in [0, 0.05) is 24.9 Å². The molecule has 0 radical (unpaired) electrons. The van der Waals surface area contributed by atoms with Crippen molar-refractivity contribution in [2.45, 2.75) is 18.9 Å². The predicted octanol–water partition coefficient (Wildman–Crippen LogP) is 2.50. The van der Waals surface area contributed by atoms with E-state index < -0.39 is 5.23 Å². The first kappa shape index (κ1) is 20.0. The Morgan fingerprint density at radius 3 is 2.80 bits per heavy atom. The zero-order valence-corrected chi connectivity index (χ0v) is 16.8. The van der Waals surface area contributed by atoms with Gasteiger partial charge in [0.2, 0.25) is 5.96 Å². The van der Waals surface area contributed by atoms with E-state index in [-0.39, 0.29) is 11.7 Å². The molecule has 3 aromatic rings. The monoisotopic (exact) mass is 420 g/mol. The van der Waals surface area contributed by atoms with Gasteiger partial charge in [-0.3, -0.25) is 9.89 Å². The molecule has 152 valence electrons. The Morgan fingerprint density at radius 2 is 2.07 bits per heavy atom. The molecule has 2 heterocycles. The summed E-state index contributed by atoms with van der Waals surface area (Å²) in [7, 11) is 0. The summed E-state index contributed by atoms with van der Waals surface area (Å²) in [6.07, 6.45) is 4.75. The number of aliphatic imine (C=N–C) groups is 1. The van der Waals surface area contributed by atoms with Gasteiger partial charge in [-0.15, -0.1) is 0 Å². The summed E-state index contributed by atoms with van der Waals surface area (Å²) in [5.41, 5.74) is 2.20. The van der Waals surface area contributed by atoms with Crippen LogP contribution in [0.4, 0.5) is 10.8 Å². The lowest BCUT2D eigenvalue weighted by atomic mass is 10.1. The minimum atomic E-state index is -0.935. The highest BCUT2D eigenvalue weighted by Crippen LogP contribution is 2.31. The van der Waals surface area contributed by atoms with E-state index in [2.05, 4.69) is 11.4 Å². The Bertz CT molecular complexity index is 1080. The smallest absolute Gasteiger partial charge is 0.204 e. The summed E-state index contributed by atoms with van der Waals surface area (Å²) in [6.45, 7) is 0.517. The quantitative estimate of drug-likeness (QED) is 0.528. The number of fused-ring (bicyclic) bond motifs is 1. The van der Waals surface area contributed by atoms with Gasteiger partial charge < -0.3 is 10.5 Å². The number of anilines is 1. The standard InChI is InChI=1S/C21H20N6O2S/c22-12-9-16-11-14-24-20(23-13-10-15-5-7-17(8-6-15)27(28)29)26(16)21-25-18-3-1-2-4-19(18)30-21/h1-8,11,14,16,27-28H,9-10,13H2,(H,23,24). The molecule has 0 aliphatic carbocycles. The van der Waals surface area contributed by atoms with E-state index in [0.717, 1.165) is 20.9 Å². The van der Waals surface area contributed by atoms with Gasteiger partial charge in [-0.1, -0.05) is 35.6 Å². The van der Waals surface area contributed by atoms with E-state index >= 15 is 0 Å². The highest BCUT2D eigenvalue weighted by molar-refractivity contribution is 7.22. The number of hydrogen-bond acceptors (Lipinski definition) is 6. The van der Waals surface area contributed by atoms with Crippen LogP contribution in [0.5, 0.6) is 0 Å². The second-order valence-corrected chi connectivity index (χ2v) is 7.73. The van der Waals surface area contributed by atoms with Crippen molar-refractivity contribution in [3.05, 3.63) is 71.6 Å². The van der Waals surface area contributed by atoms with E-state index in [4.69, 9.17) is 15.2 Å². The first-order valence-electron chi connectivity index (χ1n) is 9.47. The van der Waals surface area contributed by atoms with Crippen LogP contribution in [0.2, 0.25) is 0 Å². The number of aromatic nitrogens is 1. The van der Waals surface area contributed by atoms with E-state index in [1.54, 1.807) is 23.5 Å². The maximum absolute atomic E-state index is 11.0. The summed E-state index contributed by atoms with van der Waals surface area (Å²) in [4.78, 5) is 11.4. The van der Waals surface area contributed by atoms with E-state index in [1.807, 2.05) is 53.6 Å². The molecular formula is C21H20N6O2S. The predicted molar refractivity (Wildman–Crippen MR) is 117 cm³/mol. The lowest BCUT2D eigenvalue weighted by molar-refractivity contribution is -0.991. The molecule has 2 aromatic carbocycles. The van der Waals surface area contributed by atoms with Crippen LogP contribution >= 0.6 is 11.3 Å². The Hall–Kier alpha value is -3.29. The molecule has 2 atom stereocenters. The normalized spacial score (nSPS) is 18.4. The average Bonchev–Trinajstić information content (AvgIpc) is 3.18. The average molecular weight is 420 g/mol. The molecule has 9 heteroatoms. The molecule has 4 rings (SSSR count). The molecule has 1 aliphatic heterocycles. The second kappa shape index (κ2) is 9.02. The Kier molecular flexibility index (Phi) is 6.02. The van der Waals surface area contributed by atoms with Crippen LogP contribution in [-0.2, 0) is 6.42 Å². The maximum atomic E-state index is 11.0. The summed E-state index contributed by atoms with van der Waals surface area (Å²) in [5.74, 6) is 0.652. The van der Waals surface area contributed by atoms with Crippen LogP contribution in [0, 0.1) is 16.5 Å². The third kappa shape index (κ3) is 4.32. The molecular weight excluding hydrogens is 400 g/mol. The fourth-order valence-corrected chi connectivity index (χ4v) is 4.25. The van der Waals surface area contributed by atoms with E-state index in [9.17, 15) is 10.5 Å². The molecule has 30 heavy (non-hydrogen) atoms. The van der Waals surface area contributed by atoms with Crippen molar-refractivity contribution >= 4 is 38.3 Å². The summed E-state index contributed by atoms with van der Waals surface area (Å²) in [6, 6.07) is 16.8. The Labute approximate surface area is 177 Å². The zero-order chi connectivity index (χ0) is 20.9. The zero-order valence-electron chi connectivity index (χ0n) is 16.0. The van der Waals surface area contributed by atoms with Crippen molar-refractivity contribution in [2.75, 3.05) is 11.4 Å². The first-order valence-corrected chi connectivity index (χ1v) is 10.3. The number of thiazole rings is 1. The Balaban J connectivity index is 1.56. The molecule has 0 bridgehead atoms. The molecule has 1 aromatic heterocycles. The van der Waals surface area contributed by atoms with Crippen molar-refractivity contribution < 1.29 is 10.4 Å². The largest absolute Gasteiger partial charge is 0.595 e. The number of rotatable bonds is 6. The third-order valence-corrected chi connectivity index (χ3v) is 5.78. The molecule has 0 amide bonds. The topological polar surface area (TPSA) is 112 Å². The van der Waals surface area contributed by atoms with Crippen molar-refractivity contribution in [2.24, 2.45) is 4.99 Å². The van der Waals surface area contributed by atoms with Crippen molar-refractivity contribution in [3.8, 4) is 6.07 Å². The van der Waals surface area contributed by atoms with Crippen molar-refractivity contribution in [1.82, 2.24) is 10.3 Å². The van der Waals surface area contributed by atoms with E-state index in [1.165, 1.54) is 0 Å². The maximum Gasteiger partial charge on any atom is 0.204 e. The number of guanidine groups is 1. The minimum absolute atomic E-state index is 0.148. The van der Waals surface area contributed by atoms with Gasteiger partial charge >= 0.3 is 0 Å². The highest BCUT2D eigenvalue weighted by Gasteiger charge is 2.27. The van der Waals surface area contributed by atoms with Gasteiger partial charge in [0.25, 0.3) is 0 Å². The van der Waals surface area contributed by atoms with Crippen LogP contribution in [0.1, 0.15) is 12.0 Å². The number of nitriles is 1. The number of hydrogen-bond donors (Lipinski definition) is 3. The molecule has 8 nitrogen and oxygen atoms in total. The molecule has 0 saturated heterocycles. The van der Waals surface area contributed by atoms with E-state index in [0.29, 0.717) is 25.3 Å². The highest BCUT2D eigenvalue weighted by atomic mass is 32.1. The van der Waals surface area contributed by atoms with Gasteiger partial charge in [0.1, 0.15) is 0 Å². The van der Waals surface area contributed by atoms with Gasteiger partial charge in [-0.25, -0.2) is 10.2 Å². The molecule has 0 spiro atoms. The van der Waals surface area contributed by atoms with Crippen LogP contribution in [0.25, 0.3) is 10.2 Å². The number of para-hydroxylation sites is 1. The minimum Gasteiger partial charge on any atom is -0.595 e. The lowest BCUT2D eigenvalue weighted by Gasteiger charge is -2.32. The SMILES string of the molecule is N#CCC1C=CNC(=NCCc2ccc([NH+]([O-])O)cc2)N1c1nc2ccccc2s1. The fraction of sp³-hybridized carbons (Fsp3) is 0.190. The molecule has 3 N–H and O–H groups in total. The lowest BCUT2D eigenvalue weighted by Crippen LogP contribution is -2.99. The molecule has 1 aliphatic rings. The molecule has 2 unspecified atom stereocenters. The number of nitrogens with zero attached hydrogens (tertiary/aromatic N) is 4. The van der Waals surface area contributed by atoms with Gasteiger partial charge in [0.05, 0.1) is 28.7 Å². The Morgan fingerprint density at radius 1 is 1.27 bits per heavy atom. The van der Waals surface area contributed by atoms with Crippen molar-refractivity contribution in [1.29, 1.82) is 5.26 Å². The number of nitrogens with one attached hydrogen (secondary N) is 2. The number of quaternary nitrogens is 1. The fourth-order valence-electron chi connectivity index (χ4n) is 3.22. The van der Waals surface area contributed by atoms with Crippen LogP contribution in [0.3, 0.4) is 0 Å². The summed E-state index contributed by atoms with van der Waals surface area (Å²) in [5, 5.41) is 32.3. The summed E-state index contributed by atoms with van der Waals surface area (Å²) >= 11 is 1.57. The van der Waals surface area contributed by atoms with Gasteiger partial charge in [-0.2, -0.15) is 10.5 Å².